The van der Waals surface area contributed by atoms with Gasteiger partial charge in [0.05, 0.1) is 25.9 Å². The molecule has 1 fully saturated rings. The number of hydrogen-bond acceptors (Lipinski definition) is 6. The van der Waals surface area contributed by atoms with E-state index < -0.39 is 23.6 Å². The molecule has 3 amide bonds. The molecule has 0 bridgehead atoms. The number of amides is 3. The van der Waals surface area contributed by atoms with Crippen LogP contribution in [-0.2, 0) is 21.7 Å². The molecule has 2 atom stereocenters. The molecule has 2 aromatic carbocycles. The Kier molecular flexibility index (Phi) is 6.04. The van der Waals surface area contributed by atoms with Crippen LogP contribution in [0.25, 0.3) is 0 Å². The number of urea groups is 1. The Labute approximate surface area is 184 Å². The zero-order valence-electron chi connectivity index (χ0n) is 17.0. The van der Waals surface area contributed by atoms with Crippen molar-refractivity contribution in [1.82, 2.24) is 10.2 Å². The molecule has 2 heterocycles. The van der Waals surface area contributed by atoms with Gasteiger partial charge in [-0.05, 0) is 42.3 Å². The average Bonchev–Trinajstić information content (AvgIpc) is 2.98. The highest BCUT2D eigenvalue weighted by molar-refractivity contribution is 6.30. The number of nitrogens with one attached hydrogen (secondary N) is 1. The molecule has 31 heavy (non-hydrogen) atoms. The number of benzene rings is 2. The first kappa shape index (κ1) is 21.4. The van der Waals surface area contributed by atoms with Crippen molar-refractivity contribution in [1.29, 1.82) is 0 Å². The van der Waals surface area contributed by atoms with Gasteiger partial charge in [-0.1, -0.05) is 29.8 Å². The maximum Gasteiger partial charge on any atom is 0.325 e. The summed E-state index contributed by atoms with van der Waals surface area (Å²) in [5.41, 5.74) is 0.209. The van der Waals surface area contributed by atoms with E-state index in [1.165, 1.54) is 0 Å². The number of halogens is 1. The number of rotatable bonds is 7. The van der Waals surface area contributed by atoms with Crippen molar-refractivity contribution in [3.8, 4) is 11.5 Å². The second-order valence-corrected chi connectivity index (χ2v) is 8.06. The van der Waals surface area contributed by atoms with Gasteiger partial charge in [0.25, 0.3) is 5.91 Å². The van der Waals surface area contributed by atoms with Crippen molar-refractivity contribution >= 4 is 23.5 Å². The molecule has 9 heteroatoms. The number of aliphatic hydroxyl groups excluding tert-OH is 1. The molecule has 0 saturated carbocycles. The van der Waals surface area contributed by atoms with Crippen LogP contribution in [0.5, 0.6) is 11.5 Å². The van der Waals surface area contributed by atoms with Gasteiger partial charge in [0.15, 0.2) is 11.5 Å². The van der Waals surface area contributed by atoms with E-state index in [9.17, 15) is 14.7 Å². The number of β-amino-alcohol motifs (C(OH)–C–C–N with tert-alkyl or cyclic N) is 1. The maximum atomic E-state index is 13.1. The lowest BCUT2D eigenvalue weighted by molar-refractivity contribution is -0.132. The van der Waals surface area contributed by atoms with Gasteiger partial charge < -0.3 is 24.6 Å². The van der Waals surface area contributed by atoms with Gasteiger partial charge in [0, 0.05) is 5.02 Å². The lowest BCUT2D eigenvalue weighted by Gasteiger charge is -2.25. The Morgan fingerprint density at radius 3 is 2.61 bits per heavy atom. The number of fused-ring (bicyclic) bond motifs is 1. The molecule has 164 valence electrons. The minimum atomic E-state index is -1.27. The summed E-state index contributed by atoms with van der Waals surface area (Å²) in [4.78, 5) is 26.6. The second kappa shape index (κ2) is 8.74. The van der Waals surface area contributed by atoms with E-state index in [0.29, 0.717) is 35.3 Å². The fraction of sp³-hybridized carbons (Fsp3) is 0.364. The van der Waals surface area contributed by atoms with Crippen LogP contribution in [0.3, 0.4) is 0 Å². The molecule has 0 spiro atoms. The zero-order valence-corrected chi connectivity index (χ0v) is 17.7. The lowest BCUT2D eigenvalue weighted by Crippen LogP contribution is -2.42. The lowest BCUT2D eigenvalue weighted by atomic mass is 9.91. The number of hydrogen-bond donors (Lipinski definition) is 2. The fourth-order valence-corrected chi connectivity index (χ4v) is 3.70. The summed E-state index contributed by atoms with van der Waals surface area (Å²) in [6, 6.07) is 11.7. The molecule has 0 aromatic heterocycles. The van der Waals surface area contributed by atoms with Crippen molar-refractivity contribution in [2.24, 2.45) is 0 Å². The van der Waals surface area contributed by atoms with Gasteiger partial charge in [-0.25, -0.2) is 4.79 Å². The van der Waals surface area contributed by atoms with Gasteiger partial charge >= 0.3 is 6.03 Å². The van der Waals surface area contributed by atoms with Gasteiger partial charge in [-0.15, -0.1) is 0 Å². The van der Waals surface area contributed by atoms with Crippen molar-refractivity contribution in [2.75, 3.05) is 26.4 Å². The largest absolute Gasteiger partial charge is 0.486 e. The molecule has 2 aromatic rings. The van der Waals surface area contributed by atoms with E-state index in [4.69, 9.17) is 25.8 Å². The van der Waals surface area contributed by atoms with Crippen molar-refractivity contribution < 1.29 is 28.9 Å². The molecule has 4 rings (SSSR count). The van der Waals surface area contributed by atoms with Crippen LogP contribution >= 0.6 is 11.6 Å². The number of imide groups is 1. The topological polar surface area (TPSA) is 97.3 Å². The van der Waals surface area contributed by atoms with Crippen molar-refractivity contribution in [3.63, 3.8) is 0 Å². The van der Waals surface area contributed by atoms with Gasteiger partial charge in [-0.2, -0.15) is 0 Å². The quantitative estimate of drug-likeness (QED) is 0.634. The molecule has 8 nitrogen and oxygen atoms in total. The number of carbonyl (C=O) groups excluding carboxylic acids is 2. The Hall–Kier alpha value is -2.81. The smallest absolute Gasteiger partial charge is 0.325 e. The predicted octanol–water partition coefficient (Wildman–Crippen LogP) is 2.46. The van der Waals surface area contributed by atoms with E-state index in [2.05, 4.69) is 5.32 Å². The highest BCUT2D eigenvalue weighted by atomic mass is 35.5. The highest BCUT2D eigenvalue weighted by Gasteiger charge is 2.49. The Morgan fingerprint density at radius 1 is 1.16 bits per heavy atom. The van der Waals surface area contributed by atoms with E-state index in [-0.39, 0.29) is 19.8 Å². The molecule has 0 aliphatic carbocycles. The van der Waals surface area contributed by atoms with Gasteiger partial charge in [0.1, 0.15) is 18.8 Å². The normalized spacial score (nSPS) is 21.2. The van der Waals surface area contributed by atoms with Crippen LogP contribution < -0.4 is 14.8 Å². The molecule has 1 saturated heterocycles. The number of nitrogens with zero attached hydrogens (tertiary/aromatic N) is 1. The summed E-state index contributed by atoms with van der Waals surface area (Å²) in [7, 11) is 0. The molecule has 2 aliphatic heterocycles. The summed E-state index contributed by atoms with van der Waals surface area (Å²) in [5.74, 6) is 0.674. The number of carbonyl (C=O) groups is 2. The SMILES string of the molecule is C[C@@]1(c2ccc3c(c2)OCCO3)NC(=O)N(C[C@H](O)COCc2ccc(Cl)cc2)C1=O. The zero-order chi connectivity index (χ0) is 22.0. The second-order valence-electron chi connectivity index (χ2n) is 7.62. The molecule has 2 N–H and O–H groups in total. The van der Waals surface area contributed by atoms with E-state index >= 15 is 0 Å². The summed E-state index contributed by atoms with van der Waals surface area (Å²) < 4.78 is 16.6. The minimum absolute atomic E-state index is 0.0274. The first-order valence-corrected chi connectivity index (χ1v) is 10.3. The third-order valence-corrected chi connectivity index (χ3v) is 5.53. The average molecular weight is 447 g/mol. The van der Waals surface area contributed by atoms with Crippen LogP contribution in [0, 0.1) is 0 Å². The molecule has 0 radical (unpaired) electrons. The maximum absolute atomic E-state index is 13.1. The monoisotopic (exact) mass is 446 g/mol. The summed E-state index contributed by atoms with van der Waals surface area (Å²) in [6.07, 6.45) is -1.02. The third kappa shape index (κ3) is 4.46. The first-order valence-electron chi connectivity index (χ1n) is 9.91. The summed E-state index contributed by atoms with van der Waals surface area (Å²) in [6.45, 7) is 2.59. The molecular weight excluding hydrogens is 424 g/mol. The fourth-order valence-electron chi connectivity index (χ4n) is 3.57. The Balaban J connectivity index is 1.37. The predicted molar refractivity (Wildman–Crippen MR) is 112 cm³/mol. The van der Waals surface area contributed by atoms with E-state index in [1.807, 2.05) is 12.1 Å². The van der Waals surface area contributed by atoms with Gasteiger partial charge in [-0.3, -0.25) is 9.69 Å². The van der Waals surface area contributed by atoms with E-state index in [0.717, 1.165) is 10.5 Å². The first-order chi connectivity index (χ1) is 14.9. The van der Waals surface area contributed by atoms with Gasteiger partial charge in [0.2, 0.25) is 0 Å². The number of ether oxygens (including phenoxy) is 3. The van der Waals surface area contributed by atoms with Crippen LogP contribution in [0.15, 0.2) is 42.5 Å². The van der Waals surface area contributed by atoms with E-state index in [1.54, 1.807) is 37.3 Å². The minimum Gasteiger partial charge on any atom is -0.486 e. The summed E-state index contributed by atoms with van der Waals surface area (Å²) in [5, 5.41) is 13.7. The molecule has 2 aliphatic rings. The van der Waals surface area contributed by atoms with Crippen LogP contribution in [0.4, 0.5) is 4.79 Å². The van der Waals surface area contributed by atoms with Crippen LogP contribution in [0.2, 0.25) is 5.02 Å². The molecule has 0 unspecified atom stereocenters. The standard InChI is InChI=1S/C22H23ClN2O6/c1-22(15-4-7-18-19(10-15)31-9-8-30-18)20(27)25(21(28)24-22)11-17(26)13-29-12-14-2-5-16(23)6-3-14/h2-7,10,17,26H,8-9,11-13H2,1H3,(H,24,28)/t17-,22-/m0/s1. The van der Waals surface area contributed by atoms with Crippen molar-refractivity contribution in [2.45, 2.75) is 25.2 Å². The van der Waals surface area contributed by atoms with Crippen LogP contribution in [0.1, 0.15) is 18.1 Å². The molecular formula is C22H23ClN2O6. The third-order valence-electron chi connectivity index (χ3n) is 5.28. The Morgan fingerprint density at radius 2 is 1.87 bits per heavy atom. The van der Waals surface area contributed by atoms with Crippen molar-refractivity contribution in [3.05, 3.63) is 58.6 Å². The van der Waals surface area contributed by atoms with Crippen LogP contribution in [-0.4, -0.2) is 54.4 Å². The highest BCUT2D eigenvalue weighted by Crippen LogP contribution is 2.36. The summed E-state index contributed by atoms with van der Waals surface area (Å²) >= 11 is 5.85. The Bertz CT molecular complexity index is 982. The number of aliphatic hydroxyl groups is 1.